The highest BCUT2D eigenvalue weighted by molar-refractivity contribution is 5.98. The minimum atomic E-state index is -0.761. The Kier molecular flexibility index (Phi) is 5.77. The van der Waals surface area contributed by atoms with Gasteiger partial charge in [-0.15, -0.1) is 0 Å². The van der Waals surface area contributed by atoms with Crippen LogP contribution in [0.4, 0.5) is 11.8 Å². The molecule has 0 unspecified atom stereocenters. The largest absolute Gasteiger partial charge is 0.481 e. The number of carboxylic acid groups (broad SMARTS) is 1. The summed E-state index contributed by atoms with van der Waals surface area (Å²) in [6.07, 6.45) is 2.92. The monoisotopic (exact) mass is 460 g/mol. The van der Waals surface area contributed by atoms with E-state index in [1.165, 1.54) is 0 Å². The Balaban J connectivity index is 1.43. The molecule has 4 heterocycles. The maximum absolute atomic E-state index is 13.1. The van der Waals surface area contributed by atoms with Crippen molar-refractivity contribution < 1.29 is 14.7 Å². The molecule has 0 aliphatic carbocycles. The number of rotatable bonds is 6. The second kappa shape index (κ2) is 8.89. The van der Waals surface area contributed by atoms with Gasteiger partial charge in [0, 0.05) is 42.8 Å². The zero-order valence-corrected chi connectivity index (χ0v) is 19.4. The maximum atomic E-state index is 13.1. The van der Waals surface area contributed by atoms with Crippen LogP contribution in [0.25, 0.3) is 10.9 Å². The molecule has 1 amide bonds. The van der Waals surface area contributed by atoms with Gasteiger partial charge in [0.15, 0.2) is 0 Å². The van der Waals surface area contributed by atoms with E-state index in [-0.39, 0.29) is 17.9 Å². The molecule has 1 saturated heterocycles. The summed E-state index contributed by atoms with van der Waals surface area (Å²) < 4.78 is 0. The van der Waals surface area contributed by atoms with Crippen molar-refractivity contribution in [1.29, 1.82) is 0 Å². The number of fused-ring (bicyclic) bond motifs is 2. The number of carbonyl (C=O) groups excluding carboxylic acids is 1. The van der Waals surface area contributed by atoms with E-state index in [0.29, 0.717) is 56.5 Å². The normalized spacial score (nSPS) is 16.4. The highest BCUT2D eigenvalue weighted by atomic mass is 16.4. The molecule has 2 aromatic heterocycles. The fourth-order valence-corrected chi connectivity index (χ4v) is 4.61. The first-order valence-corrected chi connectivity index (χ1v) is 11.7. The molecule has 2 aliphatic heterocycles. The molecule has 2 N–H and O–H groups in total. The van der Waals surface area contributed by atoms with Gasteiger partial charge in [-0.05, 0) is 44.4 Å². The number of carbonyl (C=O) groups is 2. The molecule has 34 heavy (non-hydrogen) atoms. The highest BCUT2D eigenvalue weighted by Gasteiger charge is 2.35. The fourth-order valence-electron chi connectivity index (χ4n) is 4.61. The molecule has 9 heteroatoms. The zero-order chi connectivity index (χ0) is 23.8. The second-order valence-corrected chi connectivity index (χ2v) is 9.22. The van der Waals surface area contributed by atoms with Crippen LogP contribution in [0, 0.1) is 5.92 Å². The first kappa shape index (κ1) is 22.1. The number of para-hydroxylation sites is 1. The summed E-state index contributed by atoms with van der Waals surface area (Å²) >= 11 is 0. The van der Waals surface area contributed by atoms with Crippen LogP contribution in [0.2, 0.25) is 0 Å². The molecule has 9 nitrogen and oxygen atoms in total. The maximum Gasteiger partial charge on any atom is 0.306 e. The van der Waals surface area contributed by atoms with Crippen molar-refractivity contribution in [1.82, 2.24) is 19.9 Å². The van der Waals surface area contributed by atoms with Gasteiger partial charge in [-0.25, -0.2) is 4.98 Å². The number of nitrogens with one attached hydrogen (secondary N) is 1. The smallest absolute Gasteiger partial charge is 0.306 e. The Morgan fingerprint density at radius 1 is 1.21 bits per heavy atom. The molecule has 1 fully saturated rings. The van der Waals surface area contributed by atoms with Gasteiger partial charge < -0.3 is 20.2 Å². The quantitative estimate of drug-likeness (QED) is 0.576. The van der Waals surface area contributed by atoms with Gasteiger partial charge in [-0.2, -0.15) is 4.98 Å². The van der Waals surface area contributed by atoms with E-state index < -0.39 is 5.97 Å². The van der Waals surface area contributed by atoms with Crippen LogP contribution < -0.4 is 10.2 Å². The third-order valence-corrected chi connectivity index (χ3v) is 6.64. The third kappa shape index (κ3) is 4.13. The number of carboxylic acids is 1. The van der Waals surface area contributed by atoms with E-state index in [0.717, 1.165) is 22.0 Å². The molecule has 0 spiro atoms. The van der Waals surface area contributed by atoms with Crippen molar-refractivity contribution in [2.45, 2.75) is 45.8 Å². The Labute approximate surface area is 197 Å². The number of aromatic nitrogens is 3. The number of amides is 1. The van der Waals surface area contributed by atoms with E-state index in [1.54, 1.807) is 4.90 Å². The molecule has 2 aliphatic rings. The Morgan fingerprint density at radius 2 is 1.97 bits per heavy atom. The average Bonchev–Trinajstić information content (AvgIpc) is 3.19. The molecular weight excluding hydrogens is 432 g/mol. The Hall–Kier alpha value is -3.75. The number of hydrogen-bond acceptors (Lipinski definition) is 7. The molecule has 5 rings (SSSR count). The average molecular weight is 461 g/mol. The highest BCUT2D eigenvalue weighted by Crippen LogP contribution is 2.32. The summed E-state index contributed by atoms with van der Waals surface area (Å²) in [6.45, 7) is 6.05. The van der Waals surface area contributed by atoms with Crippen LogP contribution in [0.3, 0.4) is 0 Å². The van der Waals surface area contributed by atoms with Crippen molar-refractivity contribution in [2.24, 2.45) is 5.92 Å². The molecule has 0 bridgehead atoms. The lowest BCUT2D eigenvalue weighted by atomic mass is 9.97. The van der Waals surface area contributed by atoms with E-state index >= 15 is 0 Å². The van der Waals surface area contributed by atoms with E-state index in [1.807, 2.05) is 49.2 Å². The van der Waals surface area contributed by atoms with E-state index in [2.05, 4.69) is 21.4 Å². The summed E-state index contributed by atoms with van der Waals surface area (Å²) in [6, 6.07) is 10.1. The molecule has 1 aromatic carbocycles. The first-order chi connectivity index (χ1) is 16.4. The number of aliphatic carboxylic acids is 1. The van der Waals surface area contributed by atoms with Crippen molar-refractivity contribution in [3.8, 4) is 0 Å². The van der Waals surface area contributed by atoms with Gasteiger partial charge in [-0.1, -0.05) is 18.2 Å². The van der Waals surface area contributed by atoms with E-state index in [4.69, 9.17) is 4.98 Å². The number of pyridine rings is 1. The predicted molar refractivity (Wildman–Crippen MR) is 129 cm³/mol. The summed E-state index contributed by atoms with van der Waals surface area (Å²) in [5, 5.41) is 13.8. The minimum Gasteiger partial charge on any atom is -0.481 e. The third-order valence-electron chi connectivity index (χ3n) is 6.64. The van der Waals surface area contributed by atoms with Crippen LogP contribution in [0.15, 0.2) is 36.5 Å². The van der Waals surface area contributed by atoms with Gasteiger partial charge in [0.05, 0.1) is 18.0 Å². The second-order valence-electron chi connectivity index (χ2n) is 9.22. The van der Waals surface area contributed by atoms with Gasteiger partial charge >= 0.3 is 5.97 Å². The summed E-state index contributed by atoms with van der Waals surface area (Å²) in [4.78, 5) is 42.2. The van der Waals surface area contributed by atoms with Crippen molar-refractivity contribution in [3.63, 3.8) is 0 Å². The van der Waals surface area contributed by atoms with Crippen molar-refractivity contribution >= 4 is 34.5 Å². The zero-order valence-electron chi connectivity index (χ0n) is 19.4. The van der Waals surface area contributed by atoms with Crippen molar-refractivity contribution in [2.75, 3.05) is 23.3 Å². The number of benzene rings is 1. The number of piperidine rings is 1. The molecule has 176 valence electrons. The van der Waals surface area contributed by atoms with Gasteiger partial charge in [0.2, 0.25) is 5.95 Å². The lowest BCUT2D eigenvalue weighted by Crippen LogP contribution is -2.37. The molecule has 0 radical (unpaired) electrons. The Morgan fingerprint density at radius 3 is 2.71 bits per heavy atom. The van der Waals surface area contributed by atoms with Crippen molar-refractivity contribution in [3.05, 3.63) is 53.3 Å². The SMILES string of the molecule is CC(C)N1Cc2c(NCc3cnc4ccccc4c3)nc(N3CCC(C(=O)O)CC3)nc2C1=O. The first-order valence-electron chi connectivity index (χ1n) is 11.7. The standard InChI is InChI=1S/C25H28N6O3/c1-15(2)31-14-19-21(23(31)32)28-25(30-9-7-17(8-10-30)24(33)34)29-22(19)27-13-16-11-18-5-3-4-6-20(18)26-12-16/h3-6,11-12,15,17H,7-10,13-14H2,1-2H3,(H,33,34)(H,27,28,29). The van der Waals surface area contributed by atoms with Crippen LogP contribution in [0.5, 0.6) is 0 Å². The topological polar surface area (TPSA) is 112 Å². The predicted octanol–water partition coefficient (Wildman–Crippen LogP) is 3.30. The summed E-state index contributed by atoms with van der Waals surface area (Å²) in [5.41, 5.74) is 3.19. The van der Waals surface area contributed by atoms with Crippen LogP contribution in [-0.4, -0.2) is 56.0 Å². The number of anilines is 2. The molecule has 3 aromatic rings. The molecule has 0 atom stereocenters. The summed E-state index contributed by atoms with van der Waals surface area (Å²) in [7, 11) is 0. The molecular formula is C25H28N6O3. The molecule has 0 saturated carbocycles. The number of nitrogens with zero attached hydrogens (tertiary/aromatic N) is 5. The van der Waals surface area contributed by atoms with Crippen LogP contribution >= 0.6 is 0 Å². The minimum absolute atomic E-state index is 0.0500. The van der Waals surface area contributed by atoms with Gasteiger partial charge in [0.1, 0.15) is 11.5 Å². The van der Waals surface area contributed by atoms with Crippen LogP contribution in [-0.2, 0) is 17.9 Å². The summed E-state index contributed by atoms with van der Waals surface area (Å²) in [5.74, 6) is -0.0828. The van der Waals surface area contributed by atoms with Gasteiger partial charge in [0.25, 0.3) is 5.91 Å². The van der Waals surface area contributed by atoms with E-state index in [9.17, 15) is 14.7 Å². The fraction of sp³-hybridized carbons (Fsp3) is 0.400. The lowest BCUT2D eigenvalue weighted by molar-refractivity contribution is -0.142. The number of hydrogen-bond donors (Lipinski definition) is 2. The Bertz CT molecular complexity index is 1250. The van der Waals surface area contributed by atoms with Gasteiger partial charge in [-0.3, -0.25) is 14.6 Å². The van der Waals surface area contributed by atoms with Crippen LogP contribution in [0.1, 0.15) is 48.3 Å². The lowest BCUT2D eigenvalue weighted by Gasteiger charge is -2.30.